The number of carbonyl (C=O) groups excluding carboxylic acids is 2. The van der Waals surface area contributed by atoms with Crippen molar-refractivity contribution in [3.8, 4) is 0 Å². The number of nitrogens with zero attached hydrogens (tertiary/aromatic N) is 1. The van der Waals surface area contributed by atoms with Crippen molar-refractivity contribution in [2.24, 2.45) is 5.92 Å². The highest BCUT2D eigenvalue weighted by Gasteiger charge is 2.37. The van der Waals surface area contributed by atoms with Crippen LogP contribution in [0.4, 0.5) is 0 Å². The van der Waals surface area contributed by atoms with Gasteiger partial charge in [-0.1, -0.05) is 29.8 Å². The van der Waals surface area contributed by atoms with Crippen LogP contribution in [-0.4, -0.2) is 42.4 Å². The van der Waals surface area contributed by atoms with Gasteiger partial charge in [0.25, 0.3) is 0 Å². The first kappa shape index (κ1) is 16.0. The average Bonchev–Trinajstić information content (AvgIpc) is 3.31. The number of aryl methyl sites for hydroxylation is 1. The third-order valence-corrected chi connectivity index (χ3v) is 4.73. The Morgan fingerprint density at radius 3 is 2.52 bits per heavy atom. The largest absolute Gasteiger partial charge is 0.352 e. The van der Waals surface area contributed by atoms with Crippen molar-refractivity contribution < 1.29 is 9.59 Å². The molecular weight excluding hydrogens is 290 g/mol. The fourth-order valence-corrected chi connectivity index (χ4v) is 3.09. The normalized spacial score (nSPS) is 24.4. The Hall–Kier alpha value is -1.88. The van der Waals surface area contributed by atoms with E-state index < -0.39 is 0 Å². The van der Waals surface area contributed by atoms with Gasteiger partial charge in [0, 0.05) is 25.0 Å². The van der Waals surface area contributed by atoms with E-state index in [9.17, 15) is 9.59 Å². The van der Waals surface area contributed by atoms with Gasteiger partial charge in [-0.2, -0.15) is 0 Å². The fourth-order valence-electron chi connectivity index (χ4n) is 3.09. The summed E-state index contributed by atoms with van der Waals surface area (Å²) in [5.41, 5.74) is 2.31. The minimum absolute atomic E-state index is 0.0382. The predicted molar refractivity (Wildman–Crippen MR) is 88.7 cm³/mol. The Labute approximate surface area is 137 Å². The summed E-state index contributed by atoms with van der Waals surface area (Å²) in [4.78, 5) is 26.3. The molecule has 3 rings (SSSR count). The van der Waals surface area contributed by atoms with E-state index in [4.69, 9.17) is 0 Å². The quantitative estimate of drug-likeness (QED) is 0.858. The Morgan fingerprint density at radius 2 is 1.87 bits per heavy atom. The molecular formula is C18H25N3O2. The van der Waals surface area contributed by atoms with Crippen molar-refractivity contribution in [1.29, 1.82) is 0 Å². The standard InChI is InChI=1S/C18H25N3O2/c1-12-3-5-13(6-4-12)10-19-18(23)16-9-15(11-21(16)2)20-17(22)14-7-8-14/h3-6,14-16H,7-11H2,1-2H3,(H,19,23)(H,20,22)/t15-,16-/m0/s1. The van der Waals surface area contributed by atoms with Gasteiger partial charge < -0.3 is 10.6 Å². The maximum Gasteiger partial charge on any atom is 0.237 e. The first-order valence-corrected chi connectivity index (χ1v) is 8.37. The minimum Gasteiger partial charge on any atom is -0.352 e. The highest BCUT2D eigenvalue weighted by Crippen LogP contribution is 2.29. The zero-order valence-corrected chi connectivity index (χ0v) is 13.8. The molecule has 5 nitrogen and oxygen atoms in total. The smallest absolute Gasteiger partial charge is 0.237 e. The van der Waals surface area contributed by atoms with E-state index in [0.29, 0.717) is 13.0 Å². The van der Waals surface area contributed by atoms with E-state index in [-0.39, 0.29) is 29.8 Å². The van der Waals surface area contributed by atoms with Crippen molar-refractivity contribution in [3.63, 3.8) is 0 Å². The van der Waals surface area contributed by atoms with Crippen LogP contribution in [0.15, 0.2) is 24.3 Å². The van der Waals surface area contributed by atoms with Crippen molar-refractivity contribution in [3.05, 3.63) is 35.4 Å². The van der Waals surface area contributed by atoms with Crippen LogP contribution in [0, 0.1) is 12.8 Å². The van der Waals surface area contributed by atoms with Gasteiger partial charge in [-0.05, 0) is 38.8 Å². The van der Waals surface area contributed by atoms with E-state index in [0.717, 1.165) is 24.9 Å². The first-order chi connectivity index (χ1) is 11.0. The minimum atomic E-state index is -0.162. The van der Waals surface area contributed by atoms with Gasteiger partial charge in [-0.25, -0.2) is 0 Å². The van der Waals surface area contributed by atoms with Crippen LogP contribution in [0.2, 0.25) is 0 Å². The SMILES string of the molecule is Cc1ccc(CNC(=O)[C@@H]2C[C@H](NC(=O)C3CC3)CN2C)cc1. The van der Waals surface area contributed by atoms with E-state index >= 15 is 0 Å². The first-order valence-electron chi connectivity index (χ1n) is 8.37. The fraction of sp³-hybridized carbons (Fsp3) is 0.556. The van der Waals surface area contributed by atoms with Gasteiger partial charge in [-0.3, -0.25) is 14.5 Å². The molecule has 1 aliphatic heterocycles. The highest BCUT2D eigenvalue weighted by molar-refractivity contribution is 5.83. The average molecular weight is 315 g/mol. The molecule has 0 radical (unpaired) electrons. The number of likely N-dealkylation sites (tertiary alicyclic amines) is 1. The number of carbonyl (C=O) groups is 2. The van der Waals surface area contributed by atoms with Gasteiger partial charge >= 0.3 is 0 Å². The molecule has 1 aromatic carbocycles. The summed E-state index contributed by atoms with van der Waals surface area (Å²) in [5, 5.41) is 6.08. The number of rotatable bonds is 5. The highest BCUT2D eigenvalue weighted by atomic mass is 16.2. The molecule has 2 fully saturated rings. The van der Waals surface area contributed by atoms with E-state index in [1.54, 1.807) is 0 Å². The van der Waals surface area contributed by atoms with Crippen LogP contribution in [0.25, 0.3) is 0 Å². The molecule has 23 heavy (non-hydrogen) atoms. The molecule has 2 aliphatic rings. The topological polar surface area (TPSA) is 61.4 Å². The van der Waals surface area contributed by atoms with Gasteiger partial charge in [0.05, 0.1) is 6.04 Å². The van der Waals surface area contributed by atoms with Gasteiger partial charge in [0.2, 0.25) is 11.8 Å². The summed E-state index contributed by atoms with van der Waals surface area (Å²) in [5.74, 6) is 0.412. The molecule has 1 heterocycles. The molecule has 1 saturated carbocycles. The molecule has 0 spiro atoms. The van der Waals surface area contributed by atoms with Crippen LogP contribution in [0.3, 0.4) is 0 Å². The second kappa shape index (κ2) is 6.71. The number of nitrogens with one attached hydrogen (secondary N) is 2. The third kappa shape index (κ3) is 4.10. The molecule has 2 amide bonds. The summed E-state index contributed by atoms with van der Waals surface area (Å²) in [6.07, 6.45) is 2.71. The Bertz CT molecular complexity index is 580. The molecule has 0 unspecified atom stereocenters. The maximum atomic E-state index is 12.4. The van der Waals surface area contributed by atoms with Crippen LogP contribution >= 0.6 is 0 Å². The second-order valence-electron chi connectivity index (χ2n) is 6.87. The van der Waals surface area contributed by atoms with E-state index in [2.05, 4.69) is 10.6 Å². The lowest BCUT2D eigenvalue weighted by Gasteiger charge is -2.18. The molecule has 0 aromatic heterocycles. The zero-order valence-electron chi connectivity index (χ0n) is 13.8. The molecule has 2 N–H and O–H groups in total. The van der Waals surface area contributed by atoms with Gasteiger partial charge in [-0.15, -0.1) is 0 Å². The number of hydrogen-bond acceptors (Lipinski definition) is 3. The van der Waals surface area contributed by atoms with Crippen LogP contribution < -0.4 is 10.6 Å². The molecule has 1 aliphatic carbocycles. The van der Waals surface area contributed by atoms with Crippen LogP contribution in [-0.2, 0) is 16.1 Å². The molecule has 2 atom stereocenters. The van der Waals surface area contributed by atoms with E-state index in [1.165, 1.54) is 5.56 Å². The van der Waals surface area contributed by atoms with Gasteiger partial charge in [0.15, 0.2) is 0 Å². The molecule has 5 heteroatoms. The zero-order chi connectivity index (χ0) is 16.4. The van der Waals surface area contributed by atoms with E-state index in [1.807, 2.05) is 43.1 Å². The second-order valence-corrected chi connectivity index (χ2v) is 6.87. The Morgan fingerprint density at radius 1 is 1.17 bits per heavy atom. The van der Waals surface area contributed by atoms with Crippen molar-refractivity contribution >= 4 is 11.8 Å². The van der Waals surface area contributed by atoms with Gasteiger partial charge in [0.1, 0.15) is 0 Å². The third-order valence-electron chi connectivity index (χ3n) is 4.73. The van der Waals surface area contributed by atoms with Crippen molar-refractivity contribution in [1.82, 2.24) is 15.5 Å². The molecule has 124 valence electrons. The number of amides is 2. The lowest BCUT2D eigenvalue weighted by atomic mass is 10.1. The van der Waals surface area contributed by atoms with Crippen molar-refractivity contribution in [2.45, 2.75) is 44.8 Å². The Balaban J connectivity index is 1.48. The summed E-state index contributed by atoms with van der Waals surface area (Å²) < 4.78 is 0. The Kier molecular flexibility index (Phi) is 4.66. The number of benzene rings is 1. The number of hydrogen-bond donors (Lipinski definition) is 2. The van der Waals surface area contributed by atoms with Crippen LogP contribution in [0.5, 0.6) is 0 Å². The van der Waals surface area contributed by atoms with Crippen LogP contribution in [0.1, 0.15) is 30.4 Å². The summed E-state index contributed by atoms with van der Waals surface area (Å²) >= 11 is 0. The van der Waals surface area contributed by atoms with Crippen molar-refractivity contribution in [2.75, 3.05) is 13.6 Å². The lowest BCUT2D eigenvalue weighted by molar-refractivity contribution is -0.125. The number of likely N-dealkylation sites (N-methyl/N-ethyl adjacent to an activating group) is 1. The summed E-state index contributed by atoms with van der Waals surface area (Å²) in [6.45, 7) is 3.33. The molecule has 0 bridgehead atoms. The molecule has 1 saturated heterocycles. The monoisotopic (exact) mass is 315 g/mol. The molecule has 1 aromatic rings. The summed E-state index contributed by atoms with van der Waals surface area (Å²) in [6, 6.07) is 8.09. The summed E-state index contributed by atoms with van der Waals surface area (Å²) in [7, 11) is 1.94. The predicted octanol–water partition coefficient (Wildman–Crippen LogP) is 1.21. The maximum absolute atomic E-state index is 12.4. The lowest BCUT2D eigenvalue weighted by Crippen LogP contribution is -2.41.